The molecule has 2 rings (SSSR count). The second-order valence-corrected chi connectivity index (χ2v) is 4.55. The maximum Gasteiger partial charge on any atom is 0.120 e. The van der Waals surface area contributed by atoms with Crippen molar-refractivity contribution in [3.05, 3.63) is 29.8 Å². The van der Waals surface area contributed by atoms with Gasteiger partial charge >= 0.3 is 0 Å². The van der Waals surface area contributed by atoms with Gasteiger partial charge in [0.15, 0.2) is 0 Å². The summed E-state index contributed by atoms with van der Waals surface area (Å²) in [6.07, 6.45) is 0.942. The van der Waals surface area contributed by atoms with Crippen molar-refractivity contribution in [1.29, 1.82) is 0 Å². The van der Waals surface area contributed by atoms with E-state index in [2.05, 4.69) is 13.8 Å². The molecule has 1 unspecified atom stereocenters. The molecule has 1 fully saturated rings. The summed E-state index contributed by atoms with van der Waals surface area (Å²) >= 11 is 0. The van der Waals surface area contributed by atoms with E-state index in [0.717, 1.165) is 12.0 Å². The smallest absolute Gasteiger partial charge is 0.120 e. The maximum atomic E-state index is 9.64. The predicted octanol–water partition coefficient (Wildman–Crippen LogP) is 1.98. The van der Waals surface area contributed by atoms with E-state index in [4.69, 9.17) is 5.73 Å². The number of benzene rings is 1. The molecule has 2 nitrogen and oxygen atoms in total. The van der Waals surface area contributed by atoms with Crippen LogP contribution in [0.2, 0.25) is 0 Å². The van der Waals surface area contributed by atoms with Crippen LogP contribution in [0, 0.1) is 5.41 Å². The third kappa shape index (κ3) is 1.05. The fourth-order valence-corrected chi connectivity index (χ4v) is 1.96. The Bertz CT molecular complexity index is 346. The highest BCUT2D eigenvalue weighted by Crippen LogP contribution is 2.61. The van der Waals surface area contributed by atoms with Gasteiger partial charge in [0.2, 0.25) is 0 Å². The predicted molar refractivity (Wildman–Crippen MR) is 52.4 cm³/mol. The summed E-state index contributed by atoms with van der Waals surface area (Å²) in [6.45, 7) is 4.25. The first kappa shape index (κ1) is 8.57. The summed E-state index contributed by atoms with van der Waals surface area (Å²) in [5.41, 5.74) is 6.86. The van der Waals surface area contributed by atoms with Crippen LogP contribution < -0.4 is 5.73 Å². The number of hydrogen-bond acceptors (Lipinski definition) is 2. The van der Waals surface area contributed by atoms with Crippen molar-refractivity contribution in [2.24, 2.45) is 11.1 Å². The molecule has 1 aromatic carbocycles. The second-order valence-electron chi connectivity index (χ2n) is 4.55. The van der Waals surface area contributed by atoms with E-state index < -0.39 is 0 Å². The first-order valence-electron chi connectivity index (χ1n) is 4.55. The van der Waals surface area contributed by atoms with Gasteiger partial charge in [0, 0.05) is 5.56 Å². The topological polar surface area (TPSA) is 46.2 Å². The molecule has 0 radical (unpaired) electrons. The number of aromatic hydroxyl groups is 1. The number of hydrogen-bond donors (Lipinski definition) is 2. The summed E-state index contributed by atoms with van der Waals surface area (Å²) in [5.74, 6) is 0.315. The van der Waals surface area contributed by atoms with Gasteiger partial charge in [0.25, 0.3) is 0 Å². The molecule has 0 aromatic heterocycles. The zero-order valence-corrected chi connectivity index (χ0v) is 8.04. The van der Waals surface area contributed by atoms with E-state index in [0.29, 0.717) is 5.75 Å². The molecular formula is C11H15NO. The van der Waals surface area contributed by atoms with E-state index in [-0.39, 0.29) is 11.0 Å². The molecule has 70 valence electrons. The third-order valence-electron chi connectivity index (χ3n) is 3.19. The first-order chi connectivity index (χ1) is 5.97. The van der Waals surface area contributed by atoms with E-state index >= 15 is 0 Å². The van der Waals surface area contributed by atoms with Crippen LogP contribution in [0.4, 0.5) is 0 Å². The lowest BCUT2D eigenvalue weighted by Crippen LogP contribution is -2.25. The molecule has 0 bridgehead atoms. The zero-order valence-electron chi connectivity index (χ0n) is 8.04. The van der Waals surface area contributed by atoms with Gasteiger partial charge in [-0.2, -0.15) is 0 Å². The summed E-state index contributed by atoms with van der Waals surface area (Å²) < 4.78 is 0. The molecule has 0 amide bonds. The van der Waals surface area contributed by atoms with E-state index in [1.165, 1.54) is 0 Å². The molecule has 0 aliphatic heterocycles. The van der Waals surface area contributed by atoms with Crippen LogP contribution in [0.15, 0.2) is 24.3 Å². The largest absolute Gasteiger partial charge is 0.508 e. The van der Waals surface area contributed by atoms with Gasteiger partial charge in [-0.15, -0.1) is 0 Å². The Morgan fingerprint density at radius 3 is 2.31 bits per heavy atom. The van der Waals surface area contributed by atoms with Crippen molar-refractivity contribution in [3.8, 4) is 5.75 Å². The third-order valence-corrected chi connectivity index (χ3v) is 3.19. The number of nitrogens with two attached hydrogens (primary N) is 1. The quantitative estimate of drug-likeness (QED) is 0.689. The standard InChI is InChI=1S/C11H15NO/c1-10(2)7-11(10,12)8-5-3-4-6-9(8)13/h3-6,13H,7,12H2,1-2H3. The van der Waals surface area contributed by atoms with Gasteiger partial charge < -0.3 is 10.8 Å². The molecular weight excluding hydrogens is 162 g/mol. The van der Waals surface area contributed by atoms with Crippen molar-refractivity contribution in [3.63, 3.8) is 0 Å². The summed E-state index contributed by atoms with van der Waals surface area (Å²) in [5, 5.41) is 9.64. The monoisotopic (exact) mass is 177 g/mol. The summed E-state index contributed by atoms with van der Waals surface area (Å²) in [4.78, 5) is 0. The Morgan fingerprint density at radius 2 is 1.85 bits per heavy atom. The summed E-state index contributed by atoms with van der Waals surface area (Å²) in [7, 11) is 0. The van der Waals surface area contributed by atoms with Crippen LogP contribution in [0.1, 0.15) is 25.8 Å². The average Bonchev–Trinajstić information content (AvgIpc) is 2.53. The highest BCUT2D eigenvalue weighted by atomic mass is 16.3. The van der Waals surface area contributed by atoms with Crippen molar-refractivity contribution in [1.82, 2.24) is 0 Å². The molecule has 13 heavy (non-hydrogen) atoms. The van der Waals surface area contributed by atoms with Crippen LogP contribution in [0.3, 0.4) is 0 Å². The Morgan fingerprint density at radius 1 is 1.31 bits per heavy atom. The summed E-state index contributed by atoms with van der Waals surface area (Å²) in [6, 6.07) is 7.33. The lowest BCUT2D eigenvalue weighted by Gasteiger charge is -2.16. The number of rotatable bonds is 1. The van der Waals surface area contributed by atoms with Gasteiger partial charge in [-0.3, -0.25) is 0 Å². The minimum atomic E-state index is -0.321. The van der Waals surface area contributed by atoms with Gasteiger partial charge in [0.1, 0.15) is 5.75 Å². The first-order valence-corrected chi connectivity index (χ1v) is 4.55. The fourth-order valence-electron chi connectivity index (χ4n) is 1.96. The van der Waals surface area contributed by atoms with E-state index in [9.17, 15) is 5.11 Å². The fraction of sp³-hybridized carbons (Fsp3) is 0.455. The van der Waals surface area contributed by atoms with E-state index in [1.54, 1.807) is 6.07 Å². The molecule has 0 spiro atoms. The SMILES string of the molecule is CC1(C)CC1(N)c1ccccc1O. The zero-order chi connectivity index (χ0) is 9.69. The molecule has 0 saturated heterocycles. The van der Waals surface area contributed by atoms with E-state index in [1.807, 2.05) is 18.2 Å². The van der Waals surface area contributed by atoms with Crippen LogP contribution in [-0.4, -0.2) is 5.11 Å². The van der Waals surface area contributed by atoms with Gasteiger partial charge in [0.05, 0.1) is 5.54 Å². The molecule has 1 atom stereocenters. The molecule has 1 aromatic rings. The van der Waals surface area contributed by atoms with Gasteiger partial charge in [-0.05, 0) is 17.9 Å². The maximum absolute atomic E-state index is 9.64. The molecule has 1 aliphatic rings. The Balaban J connectivity index is 2.44. The lowest BCUT2D eigenvalue weighted by molar-refractivity contribution is 0.439. The minimum Gasteiger partial charge on any atom is -0.508 e. The Labute approximate surface area is 78.4 Å². The molecule has 3 N–H and O–H groups in total. The van der Waals surface area contributed by atoms with Crippen molar-refractivity contribution in [2.75, 3.05) is 0 Å². The lowest BCUT2D eigenvalue weighted by atomic mass is 9.96. The normalized spacial score (nSPS) is 30.1. The van der Waals surface area contributed by atoms with Gasteiger partial charge in [-0.1, -0.05) is 32.0 Å². The molecule has 1 saturated carbocycles. The number of phenols is 1. The van der Waals surface area contributed by atoms with Crippen LogP contribution in [0.5, 0.6) is 5.75 Å². The van der Waals surface area contributed by atoms with Crippen LogP contribution in [0.25, 0.3) is 0 Å². The van der Waals surface area contributed by atoms with Gasteiger partial charge in [-0.25, -0.2) is 0 Å². The van der Waals surface area contributed by atoms with Crippen LogP contribution >= 0.6 is 0 Å². The molecule has 1 aliphatic carbocycles. The van der Waals surface area contributed by atoms with Crippen LogP contribution in [-0.2, 0) is 5.54 Å². The molecule has 2 heteroatoms. The Kier molecular flexibility index (Phi) is 1.49. The van der Waals surface area contributed by atoms with Crippen molar-refractivity contribution in [2.45, 2.75) is 25.8 Å². The molecule has 0 heterocycles. The average molecular weight is 177 g/mol. The number of phenolic OH excluding ortho intramolecular Hbond substituents is 1. The highest BCUT2D eigenvalue weighted by Gasteiger charge is 2.60. The Hall–Kier alpha value is -1.02. The highest BCUT2D eigenvalue weighted by molar-refractivity contribution is 5.44. The van der Waals surface area contributed by atoms with Crippen molar-refractivity contribution < 1.29 is 5.11 Å². The number of para-hydroxylation sites is 1. The van der Waals surface area contributed by atoms with Crippen molar-refractivity contribution >= 4 is 0 Å². The minimum absolute atomic E-state index is 0.117. The second kappa shape index (κ2) is 2.26.